The summed E-state index contributed by atoms with van der Waals surface area (Å²) in [6.45, 7) is 5.18. The quantitative estimate of drug-likeness (QED) is 0.895. The van der Waals surface area contributed by atoms with Crippen molar-refractivity contribution in [1.29, 1.82) is 0 Å². The first kappa shape index (κ1) is 18.1. The standard InChI is InChI=1S/C16H19F3N4OS/c1-22-6-8-23(9-7-22)5-4-20-15(24)14-12-3-2-11(16(17,18)19)10-13(12)25-21-14/h2-3,10H,4-9H2,1H3,(H,20,24). The maximum atomic E-state index is 12.7. The first-order valence-corrected chi connectivity index (χ1v) is 8.77. The molecule has 5 nitrogen and oxygen atoms in total. The van der Waals surface area contributed by atoms with Crippen LogP contribution in [0.3, 0.4) is 0 Å². The Morgan fingerprint density at radius 2 is 2.00 bits per heavy atom. The number of nitrogens with zero attached hydrogens (tertiary/aromatic N) is 3. The molecule has 1 aliphatic heterocycles. The molecule has 0 radical (unpaired) electrons. The van der Waals surface area contributed by atoms with Crippen molar-refractivity contribution in [3.63, 3.8) is 0 Å². The van der Waals surface area contributed by atoms with Crippen LogP contribution in [0, 0.1) is 0 Å². The summed E-state index contributed by atoms with van der Waals surface area (Å²) in [6.07, 6.45) is -4.40. The fourth-order valence-electron chi connectivity index (χ4n) is 2.76. The fraction of sp³-hybridized carbons (Fsp3) is 0.500. The van der Waals surface area contributed by atoms with E-state index in [4.69, 9.17) is 0 Å². The summed E-state index contributed by atoms with van der Waals surface area (Å²) in [7, 11) is 2.08. The van der Waals surface area contributed by atoms with E-state index in [2.05, 4.69) is 26.5 Å². The average Bonchev–Trinajstić information content (AvgIpc) is 2.99. The number of carbonyl (C=O) groups is 1. The SMILES string of the molecule is CN1CCN(CCNC(=O)c2nsc3cc(C(F)(F)F)ccc23)CC1. The van der Waals surface area contributed by atoms with E-state index in [9.17, 15) is 18.0 Å². The molecule has 1 fully saturated rings. The minimum Gasteiger partial charge on any atom is -0.349 e. The van der Waals surface area contributed by atoms with Crippen LogP contribution in [-0.2, 0) is 6.18 Å². The molecule has 0 atom stereocenters. The van der Waals surface area contributed by atoms with Crippen molar-refractivity contribution >= 4 is 27.5 Å². The van der Waals surface area contributed by atoms with Crippen LogP contribution < -0.4 is 5.32 Å². The minimum absolute atomic E-state index is 0.187. The number of aromatic nitrogens is 1. The molecule has 2 heterocycles. The number of nitrogens with one attached hydrogen (secondary N) is 1. The van der Waals surface area contributed by atoms with Gasteiger partial charge >= 0.3 is 6.18 Å². The third-order valence-corrected chi connectivity index (χ3v) is 5.13. The summed E-state index contributed by atoms with van der Waals surface area (Å²) >= 11 is 0.908. The Morgan fingerprint density at radius 1 is 1.28 bits per heavy atom. The molecule has 1 aromatic heterocycles. The highest BCUT2D eigenvalue weighted by atomic mass is 32.1. The third-order valence-electron chi connectivity index (χ3n) is 4.32. The highest BCUT2D eigenvalue weighted by Crippen LogP contribution is 2.33. The minimum atomic E-state index is -4.40. The van der Waals surface area contributed by atoms with E-state index in [1.807, 2.05) is 0 Å². The van der Waals surface area contributed by atoms with Gasteiger partial charge in [-0.1, -0.05) is 6.07 Å². The third kappa shape index (κ3) is 4.28. The second-order valence-corrected chi connectivity index (χ2v) is 6.95. The summed E-state index contributed by atoms with van der Waals surface area (Å²) in [5, 5.41) is 3.26. The molecule has 1 saturated heterocycles. The molecule has 1 aromatic carbocycles. The average molecular weight is 372 g/mol. The molecule has 9 heteroatoms. The number of halogens is 3. The maximum absolute atomic E-state index is 12.7. The molecule has 0 spiro atoms. The van der Waals surface area contributed by atoms with Gasteiger partial charge in [0, 0.05) is 44.7 Å². The van der Waals surface area contributed by atoms with Gasteiger partial charge in [-0.2, -0.15) is 17.5 Å². The monoisotopic (exact) mass is 372 g/mol. The fourth-order valence-corrected chi connectivity index (χ4v) is 3.57. The zero-order valence-corrected chi connectivity index (χ0v) is 14.6. The van der Waals surface area contributed by atoms with E-state index in [1.54, 1.807) is 0 Å². The Balaban J connectivity index is 1.60. The molecule has 1 aliphatic rings. The van der Waals surface area contributed by atoms with E-state index in [-0.39, 0.29) is 11.6 Å². The molecule has 136 valence electrons. The number of alkyl halides is 3. The molecular weight excluding hydrogens is 353 g/mol. The topological polar surface area (TPSA) is 48.5 Å². The predicted octanol–water partition coefficient (Wildman–Crippen LogP) is 2.29. The van der Waals surface area contributed by atoms with Gasteiger partial charge in [0.15, 0.2) is 0 Å². The molecule has 3 rings (SSSR count). The van der Waals surface area contributed by atoms with Crippen molar-refractivity contribution in [1.82, 2.24) is 19.5 Å². The van der Waals surface area contributed by atoms with Gasteiger partial charge in [-0.15, -0.1) is 0 Å². The molecule has 0 aliphatic carbocycles. The summed E-state index contributed by atoms with van der Waals surface area (Å²) in [6, 6.07) is 3.34. The van der Waals surface area contributed by atoms with Gasteiger partial charge in [-0.3, -0.25) is 9.69 Å². The molecule has 1 N–H and O–H groups in total. The summed E-state index contributed by atoms with van der Waals surface area (Å²) in [5.41, 5.74) is -0.544. The number of rotatable bonds is 4. The van der Waals surface area contributed by atoms with E-state index in [0.717, 1.165) is 56.4 Å². The van der Waals surface area contributed by atoms with Gasteiger partial charge in [0.25, 0.3) is 5.91 Å². The Morgan fingerprint density at radius 3 is 2.68 bits per heavy atom. The molecule has 0 saturated carbocycles. The smallest absolute Gasteiger partial charge is 0.349 e. The van der Waals surface area contributed by atoms with Crippen molar-refractivity contribution in [2.24, 2.45) is 0 Å². The molecule has 25 heavy (non-hydrogen) atoms. The Labute approximate surface area is 147 Å². The van der Waals surface area contributed by atoms with Gasteiger partial charge < -0.3 is 10.2 Å². The van der Waals surface area contributed by atoms with Gasteiger partial charge in [-0.05, 0) is 30.7 Å². The van der Waals surface area contributed by atoms with Crippen molar-refractivity contribution < 1.29 is 18.0 Å². The number of carbonyl (C=O) groups excluding carboxylic acids is 1. The van der Waals surface area contributed by atoms with E-state index in [0.29, 0.717) is 16.6 Å². The lowest BCUT2D eigenvalue weighted by Crippen LogP contribution is -2.46. The zero-order valence-electron chi connectivity index (χ0n) is 13.8. The van der Waals surface area contributed by atoms with Crippen LogP contribution >= 0.6 is 11.5 Å². The van der Waals surface area contributed by atoms with Crippen LogP contribution in [0.15, 0.2) is 18.2 Å². The summed E-state index contributed by atoms with van der Waals surface area (Å²) in [5.74, 6) is -0.347. The maximum Gasteiger partial charge on any atom is 0.416 e. The van der Waals surface area contributed by atoms with Crippen molar-refractivity contribution in [3.8, 4) is 0 Å². The van der Waals surface area contributed by atoms with Crippen molar-refractivity contribution in [3.05, 3.63) is 29.5 Å². The Hall–Kier alpha value is -1.71. The number of hydrogen-bond acceptors (Lipinski definition) is 5. The lowest BCUT2D eigenvalue weighted by atomic mass is 10.1. The first-order valence-electron chi connectivity index (χ1n) is 8.00. The van der Waals surface area contributed by atoms with Crippen molar-refractivity contribution in [2.75, 3.05) is 46.3 Å². The van der Waals surface area contributed by atoms with Gasteiger partial charge in [0.2, 0.25) is 0 Å². The van der Waals surface area contributed by atoms with Crippen LogP contribution in [0.5, 0.6) is 0 Å². The Bertz CT molecular complexity index is 753. The lowest BCUT2D eigenvalue weighted by molar-refractivity contribution is -0.137. The number of fused-ring (bicyclic) bond motifs is 1. The van der Waals surface area contributed by atoms with Crippen LogP contribution in [0.1, 0.15) is 16.1 Å². The molecule has 0 unspecified atom stereocenters. The zero-order chi connectivity index (χ0) is 18.0. The van der Waals surface area contributed by atoms with Crippen LogP contribution in [0.25, 0.3) is 10.1 Å². The van der Waals surface area contributed by atoms with E-state index in [1.165, 1.54) is 6.07 Å². The molecular formula is C16H19F3N4OS. The second-order valence-electron chi connectivity index (χ2n) is 6.14. The summed E-state index contributed by atoms with van der Waals surface area (Å²) < 4.78 is 42.6. The van der Waals surface area contributed by atoms with Crippen molar-refractivity contribution in [2.45, 2.75) is 6.18 Å². The first-order chi connectivity index (χ1) is 11.8. The number of hydrogen-bond donors (Lipinski definition) is 1. The molecule has 2 aromatic rings. The highest BCUT2D eigenvalue weighted by molar-refractivity contribution is 7.13. The van der Waals surface area contributed by atoms with E-state index < -0.39 is 11.7 Å². The number of likely N-dealkylation sites (N-methyl/N-ethyl adjacent to an activating group) is 1. The largest absolute Gasteiger partial charge is 0.416 e. The number of amides is 1. The highest BCUT2D eigenvalue weighted by Gasteiger charge is 2.31. The summed E-state index contributed by atoms with van der Waals surface area (Å²) in [4.78, 5) is 16.8. The Kier molecular flexibility index (Phi) is 5.26. The number of piperazine rings is 1. The van der Waals surface area contributed by atoms with Crippen LogP contribution in [-0.4, -0.2) is 66.4 Å². The van der Waals surface area contributed by atoms with Crippen LogP contribution in [0.2, 0.25) is 0 Å². The molecule has 1 amide bonds. The lowest BCUT2D eigenvalue weighted by Gasteiger charge is -2.32. The van der Waals surface area contributed by atoms with E-state index >= 15 is 0 Å². The number of benzene rings is 1. The van der Waals surface area contributed by atoms with Crippen LogP contribution in [0.4, 0.5) is 13.2 Å². The second kappa shape index (κ2) is 7.27. The van der Waals surface area contributed by atoms with Gasteiger partial charge in [0.05, 0.1) is 10.3 Å². The molecule has 0 bridgehead atoms. The van der Waals surface area contributed by atoms with Gasteiger partial charge in [-0.25, -0.2) is 0 Å². The predicted molar refractivity (Wildman–Crippen MR) is 90.9 cm³/mol. The normalized spacial score (nSPS) is 17.1. The van der Waals surface area contributed by atoms with Gasteiger partial charge in [0.1, 0.15) is 5.69 Å².